The van der Waals surface area contributed by atoms with Gasteiger partial charge in [0.25, 0.3) is 0 Å². The standard InChI is InChI=1S/C28H24NO.C20H26NSi.Ir/c1-28(2,3)18-19-14-15-29-25(16-19)23-11-7-10-22-24-17-21(20-8-5-4-6-9-20)12-13-26(24)30-27(22)23;1-22(2,3)20-15-21-19(17-11-5-4-6-12-17)14-18(20)13-16-9-7-8-10-16;/h4-10,12-17H,18H2,1-3H3;4-6,11,14-16H,7-10,13H2,1-3H3;/q2*-1;. The van der Waals surface area contributed by atoms with Crippen LogP contribution in [0.4, 0.5) is 0 Å². The van der Waals surface area contributed by atoms with E-state index < -0.39 is 8.07 Å². The molecular formula is C48H50IrN2OSi-2. The van der Waals surface area contributed by atoms with Crippen LogP contribution in [0.2, 0.25) is 19.6 Å². The van der Waals surface area contributed by atoms with Gasteiger partial charge >= 0.3 is 0 Å². The van der Waals surface area contributed by atoms with E-state index in [1.54, 1.807) is 10.8 Å². The van der Waals surface area contributed by atoms with E-state index in [2.05, 4.69) is 143 Å². The maximum Gasteiger partial charge on any atom is 0.120 e. The summed E-state index contributed by atoms with van der Waals surface area (Å²) in [5, 5.41) is 3.76. The van der Waals surface area contributed by atoms with Gasteiger partial charge in [-0.3, -0.25) is 0 Å². The maximum atomic E-state index is 6.30. The number of hydrogen-bond acceptors (Lipinski definition) is 3. The molecule has 0 amide bonds. The molecule has 1 fully saturated rings. The summed E-state index contributed by atoms with van der Waals surface area (Å²) in [5.74, 6) is 0.880. The molecule has 0 spiro atoms. The third-order valence-electron chi connectivity index (χ3n) is 10.1. The van der Waals surface area contributed by atoms with Gasteiger partial charge in [0, 0.05) is 37.9 Å². The quantitative estimate of drug-likeness (QED) is 0.118. The van der Waals surface area contributed by atoms with Crippen LogP contribution in [0.3, 0.4) is 0 Å². The van der Waals surface area contributed by atoms with Crippen molar-refractivity contribution in [1.29, 1.82) is 0 Å². The van der Waals surface area contributed by atoms with E-state index in [4.69, 9.17) is 9.40 Å². The van der Waals surface area contributed by atoms with Crippen molar-refractivity contribution < 1.29 is 24.5 Å². The first-order valence-corrected chi connectivity index (χ1v) is 22.4. The summed E-state index contributed by atoms with van der Waals surface area (Å²) in [7, 11) is -1.35. The first-order chi connectivity index (χ1) is 25.0. The van der Waals surface area contributed by atoms with Gasteiger partial charge in [0.15, 0.2) is 0 Å². The molecule has 8 rings (SSSR count). The molecule has 0 saturated heterocycles. The zero-order valence-corrected chi connectivity index (χ0v) is 35.3. The van der Waals surface area contributed by atoms with Crippen molar-refractivity contribution in [3.63, 3.8) is 0 Å². The molecule has 3 heterocycles. The van der Waals surface area contributed by atoms with Crippen LogP contribution >= 0.6 is 0 Å². The van der Waals surface area contributed by atoms with Gasteiger partial charge in [-0.05, 0) is 70.1 Å². The van der Waals surface area contributed by atoms with Crippen LogP contribution in [0, 0.1) is 23.5 Å². The average molecular weight is 891 g/mol. The number of benzene rings is 4. The van der Waals surface area contributed by atoms with Gasteiger partial charge in [0.05, 0.1) is 13.7 Å². The van der Waals surface area contributed by atoms with Crippen LogP contribution in [-0.2, 0) is 32.9 Å². The van der Waals surface area contributed by atoms with Crippen LogP contribution in [-0.4, -0.2) is 18.0 Å². The van der Waals surface area contributed by atoms with E-state index in [-0.39, 0.29) is 25.5 Å². The fraction of sp³-hybridized carbons (Fsp3) is 0.292. The van der Waals surface area contributed by atoms with Crippen molar-refractivity contribution in [1.82, 2.24) is 9.97 Å². The van der Waals surface area contributed by atoms with Crippen molar-refractivity contribution in [3.8, 4) is 33.6 Å². The Labute approximate surface area is 330 Å². The summed E-state index contributed by atoms with van der Waals surface area (Å²) < 4.78 is 6.30. The third-order valence-corrected chi connectivity index (χ3v) is 12.2. The van der Waals surface area contributed by atoms with Gasteiger partial charge in [0.1, 0.15) is 5.58 Å². The predicted molar refractivity (Wildman–Crippen MR) is 222 cm³/mol. The maximum absolute atomic E-state index is 6.30. The summed E-state index contributed by atoms with van der Waals surface area (Å²) in [4.78, 5) is 9.39. The first kappa shape index (κ1) is 38.6. The van der Waals surface area contributed by atoms with E-state index in [1.807, 2.05) is 30.5 Å². The van der Waals surface area contributed by atoms with Gasteiger partial charge in [-0.2, -0.15) is 0 Å². The molecule has 5 heteroatoms. The number of hydrogen-bond donors (Lipinski definition) is 0. The van der Waals surface area contributed by atoms with Gasteiger partial charge in [-0.1, -0.05) is 137 Å². The van der Waals surface area contributed by atoms with E-state index in [0.717, 1.165) is 56.8 Å². The van der Waals surface area contributed by atoms with Crippen molar-refractivity contribution >= 4 is 35.2 Å². The van der Waals surface area contributed by atoms with Gasteiger partial charge in [0.2, 0.25) is 0 Å². The minimum atomic E-state index is -1.35. The Bertz CT molecular complexity index is 2280. The van der Waals surface area contributed by atoms with Gasteiger partial charge in [-0.15, -0.1) is 54.1 Å². The Balaban J connectivity index is 0.000000187. The number of aromatic nitrogens is 2. The molecule has 1 aliphatic rings. The van der Waals surface area contributed by atoms with Crippen LogP contribution < -0.4 is 5.19 Å². The summed E-state index contributed by atoms with van der Waals surface area (Å²) in [6, 6.07) is 42.3. The summed E-state index contributed by atoms with van der Waals surface area (Å²) >= 11 is 0. The molecule has 1 saturated carbocycles. The zero-order valence-electron chi connectivity index (χ0n) is 31.9. The summed E-state index contributed by atoms with van der Waals surface area (Å²) in [6.45, 7) is 14.0. The van der Waals surface area contributed by atoms with E-state index in [0.29, 0.717) is 0 Å². The van der Waals surface area contributed by atoms with E-state index >= 15 is 0 Å². The normalized spacial score (nSPS) is 13.5. The molecule has 1 radical (unpaired) electrons. The molecule has 0 unspecified atom stereocenters. The molecule has 0 bridgehead atoms. The Morgan fingerprint density at radius 3 is 2.25 bits per heavy atom. The largest absolute Gasteiger partial charge is 0.501 e. The predicted octanol–water partition coefficient (Wildman–Crippen LogP) is 12.5. The monoisotopic (exact) mass is 891 g/mol. The molecule has 4 aromatic carbocycles. The van der Waals surface area contributed by atoms with Gasteiger partial charge < -0.3 is 14.4 Å². The minimum absolute atomic E-state index is 0. The van der Waals surface area contributed by atoms with E-state index in [1.165, 1.54) is 48.8 Å². The van der Waals surface area contributed by atoms with E-state index in [9.17, 15) is 0 Å². The first-order valence-electron chi connectivity index (χ1n) is 18.9. The smallest absolute Gasteiger partial charge is 0.120 e. The van der Waals surface area contributed by atoms with Crippen LogP contribution in [0.15, 0.2) is 120 Å². The average Bonchev–Trinajstić information content (AvgIpc) is 3.79. The van der Waals surface area contributed by atoms with Crippen molar-refractivity contribution in [2.75, 3.05) is 0 Å². The Morgan fingerprint density at radius 2 is 1.53 bits per heavy atom. The third kappa shape index (κ3) is 9.33. The number of furan rings is 1. The molecule has 53 heavy (non-hydrogen) atoms. The van der Waals surface area contributed by atoms with Crippen LogP contribution in [0.25, 0.3) is 55.6 Å². The molecule has 1 aliphatic carbocycles. The number of pyridine rings is 2. The number of nitrogens with zero attached hydrogens (tertiary/aromatic N) is 2. The Morgan fingerprint density at radius 1 is 0.755 bits per heavy atom. The zero-order chi connectivity index (χ0) is 36.3. The summed E-state index contributed by atoms with van der Waals surface area (Å²) in [6.07, 6.45) is 11.9. The van der Waals surface area contributed by atoms with Gasteiger partial charge in [-0.25, -0.2) is 0 Å². The Hall–Kier alpha value is -4.15. The minimum Gasteiger partial charge on any atom is -0.501 e. The second-order valence-corrected chi connectivity index (χ2v) is 21.7. The molecule has 0 atom stereocenters. The fourth-order valence-electron chi connectivity index (χ4n) is 7.64. The second kappa shape index (κ2) is 16.5. The van der Waals surface area contributed by atoms with Crippen molar-refractivity contribution in [2.45, 2.75) is 78.9 Å². The second-order valence-electron chi connectivity index (χ2n) is 16.7. The molecule has 0 N–H and O–H groups in total. The van der Waals surface area contributed by atoms with Crippen molar-refractivity contribution in [3.05, 3.63) is 139 Å². The van der Waals surface area contributed by atoms with Crippen molar-refractivity contribution in [2.24, 2.45) is 11.3 Å². The molecule has 3 nitrogen and oxygen atoms in total. The topological polar surface area (TPSA) is 38.9 Å². The molecule has 273 valence electrons. The van der Waals surface area contributed by atoms with Crippen LogP contribution in [0.1, 0.15) is 57.6 Å². The summed E-state index contributed by atoms with van der Waals surface area (Å²) in [5.41, 5.74) is 11.2. The molecule has 0 aliphatic heterocycles. The fourth-order valence-corrected chi connectivity index (χ4v) is 9.23. The molecule has 7 aromatic rings. The Kier molecular flexibility index (Phi) is 12.0. The number of fused-ring (bicyclic) bond motifs is 3. The van der Waals surface area contributed by atoms with Crippen LogP contribution in [0.5, 0.6) is 0 Å². The number of rotatable bonds is 7. The molecule has 3 aromatic heterocycles. The SMILES string of the molecule is CC(C)(C)Cc1ccnc(-c2[c-]ccc3c2oc2ccc(-c4ccccc4)cc23)c1.C[Si](C)(C)c1cnc(-c2[c-]cccc2)cc1CC1CCCC1.[Ir]. The molecular weight excluding hydrogens is 841 g/mol.